The fourth-order valence-electron chi connectivity index (χ4n) is 3.72. The zero-order valence-electron chi connectivity index (χ0n) is 21.1. The number of hydrogen-bond acceptors (Lipinski definition) is 6. The number of carbonyl (C=O) groups is 4. The summed E-state index contributed by atoms with van der Waals surface area (Å²) >= 11 is 0. The van der Waals surface area contributed by atoms with Gasteiger partial charge in [0.05, 0.1) is 6.04 Å². The van der Waals surface area contributed by atoms with Gasteiger partial charge in [0.25, 0.3) is 0 Å². The van der Waals surface area contributed by atoms with E-state index in [0.717, 1.165) is 11.1 Å². The Balaban J connectivity index is 2.04. The normalized spacial score (nSPS) is 14.0. The molecule has 0 bridgehead atoms. The number of unbranched alkanes of at least 4 members (excludes halogenated alkanes) is 1. The Bertz CT molecular complexity index is 1020. The maximum absolute atomic E-state index is 13.1. The van der Waals surface area contributed by atoms with E-state index >= 15 is 0 Å². The lowest BCUT2D eigenvalue weighted by atomic mass is 10.0. The summed E-state index contributed by atoms with van der Waals surface area (Å²) in [5.74, 6) is -2.88. The van der Waals surface area contributed by atoms with Crippen LogP contribution in [0.25, 0.3) is 0 Å². The van der Waals surface area contributed by atoms with Gasteiger partial charge in [0, 0.05) is 6.42 Å². The third-order valence-electron chi connectivity index (χ3n) is 5.86. The van der Waals surface area contributed by atoms with Crippen LogP contribution in [0.2, 0.25) is 0 Å². The first-order valence-electron chi connectivity index (χ1n) is 12.4. The van der Waals surface area contributed by atoms with Crippen LogP contribution in [0.5, 0.6) is 0 Å². The van der Waals surface area contributed by atoms with Crippen LogP contribution in [-0.2, 0) is 32.0 Å². The van der Waals surface area contributed by atoms with Gasteiger partial charge in [-0.25, -0.2) is 4.79 Å². The molecule has 0 fully saturated rings. The van der Waals surface area contributed by atoms with Gasteiger partial charge in [-0.15, -0.1) is 0 Å². The van der Waals surface area contributed by atoms with E-state index in [1.165, 1.54) is 6.92 Å². The monoisotopic (exact) mass is 511 g/mol. The summed E-state index contributed by atoms with van der Waals surface area (Å²) in [7, 11) is 0. The number of carbonyl (C=O) groups excluding carboxylic acids is 3. The topological polar surface area (TPSA) is 177 Å². The average molecular weight is 512 g/mol. The first-order chi connectivity index (χ1) is 17.7. The number of carboxylic acid groups (broad SMARTS) is 1. The molecule has 0 radical (unpaired) electrons. The highest BCUT2D eigenvalue weighted by Crippen LogP contribution is 2.07. The molecule has 3 amide bonds. The lowest BCUT2D eigenvalue weighted by Crippen LogP contribution is -2.57. The van der Waals surface area contributed by atoms with E-state index in [0.29, 0.717) is 25.8 Å². The lowest BCUT2D eigenvalue weighted by Gasteiger charge is -2.24. The Hall–Kier alpha value is -3.76. The SMILES string of the molecule is C[C@H](NC(=O)[C@@H](N)Cc1ccccc1)C(=O)N[C@@H](Cc1ccccc1)C(=O)N[C@@H](CCCCN)C(=O)O. The van der Waals surface area contributed by atoms with Gasteiger partial charge in [-0.1, -0.05) is 60.7 Å². The van der Waals surface area contributed by atoms with E-state index in [2.05, 4.69) is 16.0 Å². The van der Waals surface area contributed by atoms with Crippen molar-refractivity contribution in [1.82, 2.24) is 16.0 Å². The van der Waals surface area contributed by atoms with E-state index < -0.39 is 47.9 Å². The highest BCUT2D eigenvalue weighted by Gasteiger charge is 2.29. The second kappa shape index (κ2) is 15.4. The molecule has 2 aromatic rings. The standard InChI is InChI=1S/C27H37N5O5/c1-18(30-25(34)21(29)16-19-10-4-2-5-11-19)24(33)32-23(17-20-12-6-3-7-13-20)26(35)31-22(27(36)37)14-8-9-15-28/h2-7,10-13,18,21-23H,8-9,14-17,28-29H2,1H3,(H,30,34)(H,31,35)(H,32,33)(H,36,37)/t18-,21-,22-,23-/m0/s1. The van der Waals surface area contributed by atoms with Crippen molar-refractivity contribution >= 4 is 23.7 Å². The van der Waals surface area contributed by atoms with Crippen molar-refractivity contribution in [2.24, 2.45) is 11.5 Å². The predicted molar refractivity (Wildman–Crippen MR) is 140 cm³/mol. The van der Waals surface area contributed by atoms with E-state index in [1.807, 2.05) is 36.4 Å². The molecule has 0 aliphatic rings. The van der Waals surface area contributed by atoms with Crippen molar-refractivity contribution in [3.05, 3.63) is 71.8 Å². The predicted octanol–water partition coefficient (Wildman–Crippen LogP) is 0.487. The highest BCUT2D eigenvalue weighted by molar-refractivity contribution is 5.94. The fraction of sp³-hybridized carbons (Fsp3) is 0.407. The van der Waals surface area contributed by atoms with Crippen molar-refractivity contribution in [3.8, 4) is 0 Å². The van der Waals surface area contributed by atoms with Crippen molar-refractivity contribution in [2.75, 3.05) is 6.54 Å². The van der Waals surface area contributed by atoms with Crippen LogP contribution in [0.3, 0.4) is 0 Å². The third kappa shape index (κ3) is 10.4. The minimum absolute atomic E-state index is 0.141. The van der Waals surface area contributed by atoms with E-state index in [9.17, 15) is 24.3 Å². The number of nitrogens with one attached hydrogen (secondary N) is 3. The van der Waals surface area contributed by atoms with Crippen molar-refractivity contribution in [3.63, 3.8) is 0 Å². The molecule has 0 saturated heterocycles. The molecule has 2 rings (SSSR count). The summed E-state index contributed by atoms with van der Waals surface area (Å²) in [6, 6.07) is 14.3. The molecular weight excluding hydrogens is 474 g/mol. The highest BCUT2D eigenvalue weighted by atomic mass is 16.4. The summed E-state index contributed by atoms with van der Waals surface area (Å²) in [6.45, 7) is 1.92. The largest absolute Gasteiger partial charge is 0.480 e. The van der Waals surface area contributed by atoms with Gasteiger partial charge in [0.1, 0.15) is 18.1 Å². The molecule has 0 aliphatic carbocycles. The molecule has 37 heavy (non-hydrogen) atoms. The molecular formula is C27H37N5O5. The average Bonchev–Trinajstić information content (AvgIpc) is 2.88. The van der Waals surface area contributed by atoms with Crippen LogP contribution in [0.4, 0.5) is 0 Å². The van der Waals surface area contributed by atoms with E-state index in [1.54, 1.807) is 24.3 Å². The van der Waals surface area contributed by atoms with Gasteiger partial charge in [0.2, 0.25) is 17.7 Å². The van der Waals surface area contributed by atoms with Crippen LogP contribution in [-0.4, -0.2) is 59.5 Å². The summed E-state index contributed by atoms with van der Waals surface area (Å²) in [6.07, 6.45) is 1.84. The molecule has 0 spiro atoms. The number of amides is 3. The first-order valence-corrected chi connectivity index (χ1v) is 12.4. The number of rotatable bonds is 15. The number of hydrogen-bond donors (Lipinski definition) is 6. The Morgan fingerprint density at radius 3 is 1.84 bits per heavy atom. The Kier molecular flexibility index (Phi) is 12.2. The molecule has 8 N–H and O–H groups in total. The van der Waals surface area contributed by atoms with Gasteiger partial charge in [-0.2, -0.15) is 0 Å². The van der Waals surface area contributed by atoms with Crippen LogP contribution in [0.15, 0.2) is 60.7 Å². The minimum atomic E-state index is -1.16. The molecule has 10 heteroatoms. The summed E-state index contributed by atoms with van der Waals surface area (Å²) in [5, 5.41) is 17.3. The zero-order valence-corrected chi connectivity index (χ0v) is 21.1. The van der Waals surface area contributed by atoms with Gasteiger partial charge in [-0.3, -0.25) is 14.4 Å². The molecule has 0 unspecified atom stereocenters. The van der Waals surface area contributed by atoms with Crippen LogP contribution >= 0.6 is 0 Å². The van der Waals surface area contributed by atoms with Gasteiger partial charge in [0.15, 0.2) is 0 Å². The maximum Gasteiger partial charge on any atom is 0.326 e. The maximum atomic E-state index is 13.1. The van der Waals surface area contributed by atoms with Gasteiger partial charge >= 0.3 is 5.97 Å². The molecule has 4 atom stereocenters. The molecule has 0 saturated carbocycles. The molecule has 0 aromatic heterocycles. The van der Waals surface area contributed by atoms with Gasteiger partial charge in [-0.05, 0) is 50.3 Å². The summed E-state index contributed by atoms with van der Waals surface area (Å²) in [5.41, 5.74) is 13.2. The van der Waals surface area contributed by atoms with Gasteiger partial charge < -0.3 is 32.5 Å². The number of nitrogens with two attached hydrogens (primary N) is 2. The third-order valence-corrected chi connectivity index (χ3v) is 5.86. The molecule has 0 aliphatic heterocycles. The first kappa shape index (κ1) is 29.5. The zero-order chi connectivity index (χ0) is 27.2. The van der Waals surface area contributed by atoms with Crippen LogP contribution in [0.1, 0.15) is 37.3 Å². The number of aliphatic carboxylic acids is 1. The summed E-state index contributed by atoms with van der Waals surface area (Å²) in [4.78, 5) is 50.2. The second-order valence-corrected chi connectivity index (χ2v) is 8.96. The van der Waals surface area contributed by atoms with Crippen molar-refractivity contribution < 1.29 is 24.3 Å². The molecule has 200 valence electrons. The quantitative estimate of drug-likeness (QED) is 0.188. The second-order valence-electron chi connectivity index (χ2n) is 8.96. The molecule has 2 aromatic carbocycles. The van der Waals surface area contributed by atoms with Crippen molar-refractivity contribution in [2.45, 2.75) is 63.2 Å². The number of benzene rings is 2. The number of carboxylic acids is 1. The minimum Gasteiger partial charge on any atom is -0.480 e. The van der Waals surface area contributed by atoms with Crippen molar-refractivity contribution in [1.29, 1.82) is 0 Å². The lowest BCUT2D eigenvalue weighted by molar-refractivity contribution is -0.142. The Labute approximate surface area is 217 Å². The van der Waals surface area contributed by atoms with Crippen LogP contribution < -0.4 is 27.4 Å². The summed E-state index contributed by atoms with van der Waals surface area (Å²) < 4.78 is 0. The molecule has 0 heterocycles. The van der Waals surface area contributed by atoms with E-state index in [4.69, 9.17) is 11.5 Å². The smallest absolute Gasteiger partial charge is 0.326 e. The Morgan fingerprint density at radius 2 is 1.30 bits per heavy atom. The Morgan fingerprint density at radius 1 is 0.757 bits per heavy atom. The van der Waals surface area contributed by atoms with Crippen LogP contribution in [0, 0.1) is 0 Å². The molecule has 10 nitrogen and oxygen atoms in total. The van der Waals surface area contributed by atoms with E-state index in [-0.39, 0.29) is 12.8 Å². The fourth-order valence-corrected chi connectivity index (χ4v) is 3.72.